The fourth-order valence-corrected chi connectivity index (χ4v) is 3.20. The van der Waals surface area contributed by atoms with Crippen LogP contribution in [0.15, 0.2) is 48.8 Å². The number of nitrogens with two attached hydrogens (primary N) is 1. The monoisotopic (exact) mass is 367 g/mol. The maximum absolute atomic E-state index is 15.3. The van der Waals surface area contributed by atoms with E-state index in [0.29, 0.717) is 11.3 Å². The van der Waals surface area contributed by atoms with E-state index in [2.05, 4.69) is 9.97 Å². The minimum atomic E-state index is -0.505. The highest BCUT2D eigenvalue weighted by Gasteiger charge is 2.27. The molecule has 6 heteroatoms. The Hall–Kier alpha value is -3.02. The van der Waals surface area contributed by atoms with Crippen LogP contribution in [0.1, 0.15) is 36.3 Å². The number of hydrogen-bond donors (Lipinski definition) is 1. The van der Waals surface area contributed by atoms with Crippen LogP contribution >= 0.6 is 0 Å². The number of benzene rings is 2. The number of aromatic nitrogens is 2. The molecular formula is C21H19F2N3O. The van der Waals surface area contributed by atoms with Crippen molar-refractivity contribution in [2.45, 2.75) is 31.8 Å². The van der Waals surface area contributed by atoms with Gasteiger partial charge in [0.15, 0.2) is 11.6 Å². The molecular weight excluding hydrogens is 348 g/mol. The number of nitrogen functional groups attached to an aromatic ring is 1. The molecule has 1 aromatic heterocycles. The molecule has 27 heavy (non-hydrogen) atoms. The standard InChI is InChI=1S/C21H19F2N3O/c22-17-7-2-1-4-14(17)12-27-21-15(13-5-3-6-13)8-9-16(20(21)23)18-10-26-19(24)11-25-18/h1-2,4,7-11,13H,3,5-6,12H2,(H2,24,26). The quantitative estimate of drug-likeness (QED) is 0.700. The highest BCUT2D eigenvalue weighted by molar-refractivity contribution is 5.64. The van der Waals surface area contributed by atoms with Gasteiger partial charge in [0.25, 0.3) is 0 Å². The van der Waals surface area contributed by atoms with Crippen LogP contribution in [0.5, 0.6) is 5.75 Å². The van der Waals surface area contributed by atoms with Crippen molar-refractivity contribution < 1.29 is 13.5 Å². The molecule has 0 aliphatic heterocycles. The lowest BCUT2D eigenvalue weighted by Crippen LogP contribution is -2.12. The predicted octanol–water partition coefficient (Wildman–Crippen LogP) is 4.85. The summed E-state index contributed by atoms with van der Waals surface area (Å²) in [6.07, 6.45) is 5.92. The molecule has 1 fully saturated rings. The van der Waals surface area contributed by atoms with Gasteiger partial charge in [-0.3, -0.25) is 4.98 Å². The second kappa shape index (κ2) is 7.31. The van der Waals surface area contributed by atoms with Gasteiger partial charge in [-0.1, -0.05) is 30.7 Å². The number of ether oxygens (including phenoxy) is 1. The lowest BCUT2D eigenvalue weighted by atomic mass is 9.79. The molecule has 0 bridgehead atoms. The van der Waals surface area contributed by atoms with Crippen LogP contribution in [0.25, 0.3) is 11.3 Å². The Bertz CT molecular complexity index is 956. The molecule has 4 nitrogen and oxygen atoms in total. The van der Waals surface area contributed by atoms with Crippen LogP contribution < -0.4 is 10.5 Å². The zero-order chi connectivity index (χ0) is 18.8. The SMILES string of the molecule is Nc1cnc(-c2ccc(C3CCC3)c(OCc3ccccc3F)c2F)cn1. The molecule has 0 radical (unpaired) electrons. The Morgan fingerprint density at radius 2 is 1.85 bits per heavy atom. The Balaban J connectivity index is 1.71. The van der Waals surface area contributed by atoms with Gasteiger partial charge in [0.05, 0.1) is 18.1 Å². The number of halogens is 2. The molecule has 0 unspecified atom stereocenters. The second-order valence-corrected chi connectivity index (χ2v) is 6.68. The summed E-state index contributed by atoms with van der Waals surface area (Å²) >= 11 is 0. The van der Waals surface area contributed by atoms with Crippen molar-refractivity contribution in [2.75, 3.05) is 5.73 Å². The lowest BCUT2D eigenvalue weighted by Gasteiger charge is -2.28. The predicted molar refractivity (Wildman–Crippen MR) is 99.2 cm³/mol. The summed E-state index contributed by atoms with van der Waals surface area (Å²) in [5, 5.41) is 0. The van der Waals surface area contributed by atoms with Crippen molar-refractivity contribution in [1.29, 1.82) is 0 Å². The molecule has 0 spiro atoms. The van der Waals surface area contributed by atoms with Gasteiger partial charge >= 0.3 is 0 Å². The topological polar surface area (TPSA) is 61.0 Å². The van der Waals surface area contributed by atoms with Crippen molar-refractivity contribution >= 4 is 5.82 Å². The van der Waals surface area contributed by atoms with Crippen LogP contribution in [0.3, 0.4) is 0 Å². The fraction of sp³-hybridized carbons (Fsp3) is 0.238. The first-order valence-electron chi connectivity index (χ1n) is 8.90. The maximum atomic E-state index is 15.3. The van der Waals surface area contributed by atoms with Gasteiger partial charge < -0.3 is 10.5 Å². The summed E-state index contributed by atoms with van der Waals surface area (Å²) in [5.74, 6) is -0.180. The van der Waals surface area contributed by atoms with Gasteiger partial charge in [-0.15, -0.1) is 0 Å². The first-order valence-corrected chi connectivity index (χ1v) is 8.90. The number of rotatable bonds is 5. The number of hydrogen-bond acceptors (Lipinski definition) is 4. The van der Waals surface area contributed by atoms with Gasteiger partial charge in [0.1, 0.15) is 18.2 Å². The van der Waals surface area contributed by atoms with Crippen LogP contribution in [-0.2, 0) is 6.61 Å². The molecule has 0 saturated heterocycles. The number of anilines is 1. The van der Waals surface area contributed by atoms with E-state index in [4.69, 9.17) is 10.5 Å². The third kappa shape index (κ3) is 3.47. The van der Waals surface area contributed by atoms with Crippen molar-refractivity contribution in [3.8, 4) is 17.0 Å². The zero-order valence-corrected chi connectivity index (χ0v) is 14.7. The first-order chi connectivity index (χ1) is 13.1. The molecule has 3 aromatic rings. The molecule has 1 saturated carbocycles. The summed E-state index contributed by atoms with van der Waals surface area (Å²) < 4.78 is 35.0. The summed E-state index contributed by atoms with van der Waals surface area (Å²) in [5.41, 5.74) is 7.42. The molecule has 1 heterocycles. The molecule has 1 aliphatic carbocycles. The normalized spacial score (nSPS) is 14.0. The fourth-order valence-electron chi connectivity index (χ4n) is 3.20. The molecule has 4 rings (SSSR count). The average molecular weight is 367 g/mol. The van der Waals surface area contributed by atoms with Crippen molar-refractivity contribution in [2.24, 2.45) is 0 Å². The highest BCUT2D eigenvalue weighted by Crippen LogP contribution is 2.44. The van der Waals surface area contributed by atoms with E-state index in [0.717, 1.165) is 24.8 Å². The minimum absolute atomic E-state index is 0.0415. The van der Waals surface area contributed by atoms with E-state index < -0.39 is 5.82 Å². The highest BCUT2D eigenvalue weighted by atomic mass is 19.1. The van der Waals surface area contributed by atoms with Crippen molar-refractivity contribution in [3.05, 3.63) is 71.6 Å². The van der Waals surface area contributed by atoms with Gasteiger partial charge in [-0.2, -0.15) is 0 Å². The Morgan fingerprint density at radius 3 is 2.52 bits per heavy atom. The first kappa shape index (κ1) is 17.4. The summed E-state index contributed by atoms with van der Waals surface area (Å²) in [7, 11) is 0. The molecule has 2 aromatic carbocycles. The van der Waals surface area contributed by atoms with Crippen molar-refractivity contribution in [1.82, 2.24) is 9.97 Å². The average Bonchev–Trinajstić information content (AvgIpc) is 2.62. The Morgan fingerprint density at radius 1 is 1.04 bits per heavy atom. The van der Waals surface area contributed by atoms with Crippen LogP contribution in [-0.4, -0.2) is 9.97 Å². The second-order valence-electron chi connectivity index (χ2n) is 6.68. The van der Waals surface area contributed by atoms with Gasteiger partial charge in [0.2, 0.25) is 0 Å². The van der Waals surface area contributed by atoms with E-state index in [9.17, 15) is 4.39 Å². The van der Waals surface area contributed by atoms with E-state index in [1.165, 1.54) is 18.5 Å². The third-order valence-corrected chi connectivity index (χ3v) is 4.95. The van der Waals surface area contributed by atoms with Gasteiger partial charge in [-0.05, 0) is 30.9 Å². The van der Waals surface area contributed by atoms with E-state index >= 15 is 4.39 Å². The Kier molecular flexibility index (Phi) is 4.71. The largest absolute Gasteiger partial charge is 0.485 e. The van der Waals surface area contributed by atoms with Crippen LogP contribution in [0.4, 0.5) is 14.6 Å². The minimum Gasteiger partial charge on any atom is -0.485 e. The lowest BCUT2D eigenvalue weighted by molar-refractivity contribution is 0.274. The molecule has 0 amide bonds. The van der Waals surface area contributed by atoms with Crippen molar-refractivity contribution in [3.63, 3.8) is 0 Å². The van der Waals surface area contributed by atoms with E-state index in [1.54, 1.807) is 24.3 Å². The zero-order valence-electron chi connectivity index (χ0n) is 14.7. The van der Waals surface area contributed by atoms with Gasteiger partial charge in [-0.25, -0.2) is 13.8 Å². The summed E-state index contributed by atoms with van der Waals surface area (Å²) in [6.45, 7) is -0.0415. The van der Waals surface area contributed by atoms with E-state index in [-0.39, 0.29) is 35.5 Å². The number of nitrogens with zero attached hydrogens (tertiary/aromatic N) is 2. The smallest absolute Gasteiger partial charge is 0.174 e. The van der Waals surface area contributed by atoms with Crippen LogP contribution in [0, 0.1) is 11.6 Å². The molecule has 1 aliphatic rings. The molecule has 0 atom stereocenters. The Labute approximate surface area is 156 Å². The summed E-state index contributed by atoms with van der Waals surface area (Å²) in [6, 6.07) is 9.90. The summed E-state index contributed by atoms with van der Waals surface area (Å²) in [4.78, 5) is 8.12. The maximum Gasteiger partial charge on any atom is 0.174 e. The third-order valence-electron chi connectivity index (χ3n) is 4.95. The molecule has 2 N–H and O–H groups in total. The van der Waals surface area contributed by atoms with E-state index in [1.807, 2.05) is 6.07 Å². The van der Waals surface area contributed by atoms with Crippen LogP contribution in [0.2, 0.25) is 0 Å². The van der Waals surface area contributed by atoms with Gasteiger partial charge in [0, 0.05) is 16.7 Å². The molecule has 138 valence electrons.